The second kappa shape index (κ2) is 5.83. The molecule has 1 fully saturated rings. The lowest BCUT2D eigenvalue weighted by atomic mass is 9.87. The van der Waals surface area contributed by atoms with Crippen LogP contribution in [0.2, 0.25) is 0 Å². The Morgan fingerprint density at radius 3 is 2.73 bits per heavy atom. The largest absolute Gasteiger partial charge is 0.377 e. The summed E-state index contributed by atoms with van der Waals surface area (Å²) in [7, 11) is 2.17. The molecule has 0 aromatic rings. The molecular formula is C12H26N2O. The summed E-state index contributed by atoms with van der Waals surface area (Å²) in [4.78, 5) is 2.37. The molecule has 0 radical (unpaired) electrons. The van der Waals surface area contributed by atoms with Gasteiger partial charge in [-0.25, -0.2) is 0 Å². The van der Waals surface area contributed by atoms with Crippen LogP contribution in [0.15, 0.2) is 0 Å². The summed E-state index contributed by atoms with van der Waals surface area (Å²) in [6, 6.07) is 0. The summed E-state index contributed by atoms with van der Waals surface area (Å²) in [5, 5.41) is 0. The fourth-order valence-electron chi connectivity index (χ4n) is 2.17. The Morgan fingerprint density at radius 1 is 1.53 bits per heavy atom. The average molecular weight is 214 g/mol. The Hall–Kier alpha value is -0.120. The minimum Gasteiger partial charge on any atom is -0.377 e. The molecule has 0 amide bonds. The zero-order valence-electron chi connectivity index (χ0n) is 10.5. The third-order valence-corrected chi connectivity index (χ3v) is 3.54. The smallest absolute Gasteiger partial charge is 0.0702 e. The molecule has 2 unspecified atom stereocenters. The lowest BCUT2D eigenvalue weighted by Gasteiger charge is -2.32. The summed E-state index contributed by atoms with van der Waals surface area (Å²) < 4.78 is 5.63. The molecule has 0 aliphatic carbocycles. The van der Waals surface area contributed by atoms with Gasteiger partial charge in [-0.15, -0.1) is 0 Å². The van der Waals surface area contributed by atoms with Crippen molar-refractivity contribution < 1.29 is 4.74 Å². The SMILES string of the molecule is CCC(C)(CN)CN(C)CC1CCCO1. The van der Waals surface area contributed by atoms with E-state index >= 15 is 0 Å². The predicted octanol–water partition coefficient (Wildman–Crippen LogP) is 1.47. The fraction of sp³-hybridized carbons (Fsp3) is 1.00. The average Bonchev–Trinajstić information content (AvgIpc) is 2.70. The van der Waals surface area contributed by atoms with Crippen molar-refractivity contribution in [3.05, 3.63) is 0 Å². The van der Waals surface area contributed by atoms with E-state index in [0.717, 1.165) is 32.7 Å². The number of nitrogens with two attached hydrogens (primary N) is 1. The van der Waals surface area contributed by atoms with Crippen molar-refractivity contribution in [2.45, 2.75) is 39.2 Å². The highest BCUT2D eigenvalue weighted by Crippen LogP contribution is 2.21. The van der Waals surface area contributed by atoms with E-state index in [0.29, 0.717) is 6.10 Å². The summed E-state index contributed by atoms with van der Waals surface area (Å²) in [5.41, 5.74) is 6.07. The molecule has 0 aromatic heterocycles. The van der Waals surface area contributed by atoms with Crippen molar-refractivity contribution >= 4 is 0 Å². The first kappa shape index (κ1) is 12.9. The molecule has 3 heteroatoms. The third kappa shape index (κ3) is 4.09. The van der Waals surface area contributed by atoms with Gasteiger partial charge in [-0.3, -0.25) is 0 Å². The zero-order chi connectivity index (χ0) is 11.3. The first-order valence-corrected chi connectivity index (χ1v) is 6.10. The predicted molar refractivity (Wildman–Crippen MR) is 63.9 cm³/mol. The van der Waals surface area contributed by atoms with E-state index in [1.807, 2.05) is 0 Å². The standard InChI is InChI=1S/C12H26N2O/c1-4-12(2,9-13)10-14(3)8-11-6-5-7-15-11/h11H,4-10,13H2,1-3H3. The monoisotopic (exact) mass is 214 g/mol. The van der Waals surface area contributed by atoms with E-state index in [1.54, 1.807) is 0 Å². The molecule has 0 spiro atoms. The van der Waals surface area contributed by atoms with Gasteiger partial charge in [0.15, 0.2) is 0 Å². The molecule has 0 bridgehead atoms. The highest BCUT2D eigenvalue weighted by atomic mass is 16.5. The van der Waals surface area contributed by atoms with Gasteiger partial charge in [-0.2, -0.15) is 0 Å². The molecule has 1 aliphatic rings. The van der Waals surface area contributed by atoms with Gasteiger partial charge in [0, 0.05) is 19.7 Å². The first-order chi connectivity index (χ1) is 7.09. The molecule has 15 heavy (non-hydrogen) atoms. The van der Waals surface area contributed by atoms with Gasteiger partial charge < -0.3 is 15.4 Å². The summed E-state index contributed by atoms with van der Waals surface area (Å²) in [6.45, 7) is 8.31. The Labute approximate surface area is 94.0 Å². The number of nitrogens with zero attached hydrogens (tertiary/aromatic N) is 1. The number of likely N-dealkylation sites (N-methyl/N-ethyl adjacent to an activating group) is 1. The molecule has 1 heterocycles. The topological polar surface area (TPSA) is 38.5 Å². The molecule has 1 saturated heterocycles. The minimum atomic E-state index is 0.257. The normalized spacial score (nSPS) is 25.8. The van der Waals surface area contributed by atoms with Crippen molar-refractivity contribution in [3.8, 4) is 0 Å². The van der Waals surface area contributed by atoms with E-state index in [4.69, 9.17) is 10.5 Å². The van der Waals surface area contributed by atoms with E-state index in [9.17, 15) is 0 Å². The molecular weight excluding hydrogens is 188 g/mol. The summed E-state index contributed by atoms with van der Waals surface area (Å²) in [6.07, 6.45) is 4.03. The second-order valence-electron chi connectivity index (χ2n) is 5.20. The number of ether oxygens (including phenoxy) is 1. The zero-order valence-corrected chi connectivity index (χ0v) is 10.5. The molecule has 1 aliphatic heterocycles. The van der Waals surface area contributed by atoms with Crippen molar-refractivity contribution in [2.75, 3.05) is 33.3 Å². The Balaban J connectivity index is 2.30. The fourth-order valence-corrected chi connectivity index (χ4v) is 2.17. The van der Waals surface area contributed by atoms with Gasteiger partial charge in [0.25, 0.3) is 0 Å². The van der Waals surface area contributed by atoms with Gasteiger partial charge in [0.05, 0.1) is 6.10 Å². The van der Waals surface area contributed by atoms with E-state index < -0.39 is 0 Å². The van der Waals surface area contributed by atoms with Crippen molar-refractivity contribution in [3.63, 3.8) is 0 Å². The van der Waals surface area contributed by atoms with E-state index in [-0.39, 0.29) is 5.41 Å². The Kier molecular flexibility index (Phi) is 5.03. The van der Waals surface area contributed by atoms with Crippen molar-refractivity contribution in [1.29, 1.82) is 0 Å². The Morgan fingerprint density at radius 2 is 2.27 bits per heavy atom. The van der Waals surface area contributed by atoms with Gasteiger partial charge in [-0.1, -0.05) is 13.8 Å². The second-order valence-corrected chi connectivity index (χ2v) is 5.20. The van der Waals surface area contributed by atoms with E-state index in [1.165, 1.54) is 12.8 Å². The number of rotatable bonds is 6. The van der Waals surface area contributed by atoms with Crippen LogP contribution in [0.1, 0.15) is 33.1 Å². The quantitative estimate of drug-likeness (QED) is 0.728. The molecule has 2 N–H and O–H groups in total. The lowest BCUT2D eigenvalue weighted by molar-refractivity contribution is 0.0676. The molecule has 2 atom stereocenters. The third-order valence-electron chi connectivity index (χ3n) is 3.54. The highest BCUT2D eigenvalue weighted by molar-refractivity contribution is 4.78. The molecule has 3 nitrogen and oxygen atoms in total. The van der Waals surface area contributed by atoms with Gasteiger partial charge in [0.2, 0.25) is 0 Å². The maximum atomic E-state index is 5.82. The van der Waals surface area contributed by atoms with Crippen LogP contribution >= 0.6 is 0 Å². The maximum Gasteiger partial charge on any atom is 0.0702 e. The van der Waals surface area contributed by atoms with Crippen LogP contribution in [0.25, 0.3) is 0 Å². The minimum absolute atomic E-state index is 0.257. The van der Waals surface area contributed by atoms with E-state index in [2.05, 4.69) is 25.8 Å². The molecule has 90 valence electrons. The molecule has 1 rings (SSSR count). The lowest BCUT2D eigenvalue weighted by Crippen LogP contribution is -2.41. The molecule has 0 saturated carbocycles. The maximum absolute atomic E-state index is 5.82. The summed E-state index contributed by atoms with van der Waals surface area (Å²) >= 11 is 0. The van der Waals surface area contributed by atoms with Crippen LogP contribution in [0.3, 0.4) is 0 Å². The van der Waals surface area contributed by atoms with Crippen molar-refractivity contribution in [1.82, 2.24) is 4.90 Å². The number of hydrogen-bond donors (Lipinski definition) is 1. The van der Waals surface area contributed by atoms with Gasteiger partial charge >= 0.3 is 0 Å². The van der Waals surface area contributed by atoms with Crippen LogP contribution in [0.5, 0.6) is 0 Å². The number of hydrogen-bond acceptors (Lipinski definition) is 3. The molecule has 0 aromatic carbocycles. The highest BCUT2D eigenvalue weighted by Gasteiger charge is 2.24. The van der Waals surface area contributed by atoms with Crippen LogP contribution in [0.4, 0.5) is 0 Å². The Bertz CT molecular complexity index is 174. The van der Waals surface area contributed by atoms with Gasteiger partial charge in [-0.05, 0) is 38.3 Å². The van der Waals surface area contributed by atoms with Crippen LogP contribution in [0, 0.1) is 5.41 Å². The van der Waals surface area contributed by atoms with Crippen molar-refractivity contribution in [2.24, 2.45) is 11.1 Å². The van der Waals surface area contributed by atoms with Crippen LogP contribution in [-0.2, 0) is 4.74 Å². The first-order valence-electron chi connectivity index (χ1n) is 6.10. The summed E-state index contributed by atoms with van der Waals surface area (Å²) in [5.74, 6) is 0. The van der Waals surface area contributed by atoms with Crippen LogP contribution in [-0.4, -0.2) is 44.3 Å². The van der Waals surface area contributed by atoms with Crippen LogP contribution < -0.4 is 5.73 Å². The van der Waals surface area contributed by atoms with Gasteiger partial charge in [0.1, 0.15) is 0 Å².